The zero-order valence-corrected chi connectivity index (χ0v) is 47.3. The van der Waals surface area contributed by atoms with Crippen molar-refractivity contribution in [1.29, 1.82) is 0 Å². The minimum Gasteiger partial charge on any atom is -0.394 e. The van der Waals surface area contributed by atoms with Crippen LogP contribution in [0.25, 0.3) is 0 Å². The van der Waals surface area contributed by atoms with Gasteiger partial charge in [-0.25, -0.2) is 0 Å². The Labute approximate surface area is 474 Å². The lowest BCUT2D eigenvalue weighted by Gasteiger charge is -2.35. The first-order valence-electron chi connectivity index (χ1n) is 27.5. The number of carbonyl (C=O) groups is 2. The van der Waals surface area contributed by atoms with E-state index in [9.17, 15) is 76.0 Å². The van der Waals surface area contributed by atoms with E-state index >= 15 is 0 Å². The molecule has 0 aromatic heterocycles. The van der Waals surface area contributed by atoms with Gasteiger partial charge in [0.1, 0.15) is 54.6 Å². The monoisotopic (exact) mass is 1190 g/mol. The second kappa shape index (κ2) is 53.5. The van der Waals surface area contributed by atoms with E-state index in [1.165, 1.54) is 13.8 Å². The molecule has 0 aliphatic heterocycles. The standard InChI is InChI=1S/C50H101N3O28/c1-3-38(57)44(63)46(65)40(59)32-53(33-41(60)47(66)49(68)43(62)35-55)31-37(52-30-39(58)45(64)48(67)42(61)34-54)50(69)51-5-7-71-9-11-73-13-15-75-17-19-77-21-23-79-25-27-81-29-28-80-26-24-78-22-20-76-18-16-74-14-12-72-10-8-70-6-4-36(2)56/h37-49,52,54-55,57-68H,3-35H2,1-2H3,(H,51,69)/t37?,38-,39-,40+,41+,42+,43-,44-,45+,46-,47-,48+,49-/m0/s1. The number of hydrogen-bond acceptors (Lipinski definition) is 30. The molecule has 0 aliphatic carbocycles. The summed E-state index contributed by atoms with van der Waals surface area (Å²) in [4.78, 5) is 25.5. The summed E-state index contributed by atoms with van der Waals surface area (Å²) in [5.74, 6) is -0.696. The highest BCUT2D eigenvalue weighted by Gasteiger charge is 2.36. The summed E-state index contributed by atoms with van der Waals surface area (Å²) < 4.78 is 65.5. The molecule has 0 bridgehead atoms. The lowest BCUT2D eigenvalue weighted by Crippen LogP contribution is -2.58. The Morgan fingerprint density at radius 3 is 0.938 bits per heavy atom. The first kappa shape index (κ1) is 79.0. The maximum absolute atomic E-state index is 13.6. The molecule has 0 aromatic rings. The fourth-order valence-corrected chi connectivity index (χ4v) is 6.78. The molecule has 0 radical (unpaired) electrons. The lowest BCUT2D eigenvalue weighted by atomic mass is 9.99. The van der Waals surface area contributed by atoms with Crippen LogP contribution in [-0.4, -0.2) is 372 Å². The van der Waals surface area contributed by atoms with Crippen molar-refractivity contribution in [2.75, 3.05) is 205 Å². The predicted octanol–water partition coefficient (Wildman–Crippen LogP) is -8.73. The van der Waals surface area contributed by atoms with Crippen molar-refractivity contribution in [2.24, 2.45) is 0 Å². The molecule has 16 N–H and O–H groups in total. The van der Waals surface area contributed by atoms with E-state index in [1.807, 2.05) is 0 Å². The molecule has 81 heavy (non-hydrogen) atoms. The Morgan fingerprint density at radius 2 is 0.642 bits per heavy atom. The van der Waals surface area contributed by atoms with Crippen LogP contribution in [0, 0.1) is 0 Å². The van der Waals surface area contributed by atoms with E-state index in [2.05, 4.69) is 10.6 Å². The molecule has 0 heterocycles. The number of aliphatic hydroxyl groups excluding tert-OH is 14. The first-order chi connectivity index (χ1) is 38.9. The minimum absolute atomic E-state index is 0.00500. The van der Waals surface area contributed by atoms with Crippen LogP contribution >= 0.6 is 0 Å². The number of ether oxygens (including phenoxy) is 12. The molecule has 0 fully saturated rings. The summed E-state index contributed by atoms with van der Waals surface area (Å²) in [6.45, 7) is 7.26. The van der Waals surface area contributed by atoms with Gasteiger partial charge in [-0.1, -0.05) is 6.92 Å². The van der Waals surface area contributed by atoms with E-state index < -0.39 is 125 Å². The number of Topliss-reactive ketones (excluding diaryl/α,β-unsaturated/α-hetero) is 1. The molecule has 1 unspecified atom stereocenters. The number of nitrogens with one attached hydrogen (secondary N) is 2. The number of rotatable bonds is 61. The molecule has 0 spiro atoms. The molecule has 0 saturated heterocycles. The van der Waals surface area contributed by atoms with Gasteiger partial charge in [0.15, 0.2) is 0 Å². The molecule has 31 nitrogen and oxygen atoms in total. The number of carbonyl (C=O) groups excluding carboxylic acids is 2. The molecular weight excluding hydrogens is 1090 g/mol. The van der Waals surface area contributed by atoms with Gasteiger partial charge in [-0.3, -0.25) is 14.5 Å². The molecule has 31 heteroatoms. The van der Waals surface area contributed by atoms with Crippen LogP contribution in [0.3, 0.4) is 0 Å². The zero-order chi connectivity index (χ0) is 60.5. The van der Waals surface area contributed by atoms with Crippen molar-refractivity contribution in [3.05, 3.63) is 0 Å². The Bertz CT molecular complexity index is 1400. The average Bonchev–Trinajstić information content (AvgIpc) is 3.46. The highest BCUT2D eigenvalue weighted by atomic mass is 16.6. The SMILES string of the molecule is CC[C@H](O)[C@H](O)[C@@H](O)[C@H](O)CN(CC(NC[C@H](O)[C@@H](O)[C@H](O)[C@H](O)CO)C(=O)NCCOCCOCCOCCOCCOCCOCCOCCOCCOCCOCCOCCOCCC(C)=O)C[C@@H](O)[C@H](O)[C@@H](O)[C@@H](O)CO. The van der Waals surface area contributed by atoms with Crippen LogP contribution in [0.2, 0.25) is 0 Å². The van der Waals surface area contributed by atoms with Gasteiger partial charge >= 0.3 is 0 Å². The van der Waals surface area contributed by atoms with Crippen LogP contribution in [0.5, 0.6) is 0 Å². The molecule has 484 valence electrons. The average molecular weight is 1190 g/mol. The Morgan fingerprint density at radius 1 is 0.370 bits per heavy atom. The highest BCUT2D eigenvalue weighted by molar-refractivity contribution is 5.82. The lowest BCUT2D eigenvalue weighted by molar-refractivity contribution is -0.132. The number of aliphatic hydroxyl groups is 14. The van der Waals surface area contributed by atoms with Gasteiger partial charge in [-0.15, -0.1) is 0 Å². The predicted molar refractivity (Wildman–Crippen MR) is 283 cm³/mol. The first-order valence-corrected chi connectivity index (χ1v) is 27.5. The summed E-state index contributed by atoms with van der Waals surface area (Å²) in [6, 6.07) is -1.44. The topological polar surface area (TPSA) is 455 Å². The molecule has 0 aromatic carbocycles. The summed E-state index contributed by atoms with van der Waals surface area (Å²) in [7, 11) is 0. The van der Waals surface area contributed by atoms with Crippen LogP contribution in [0.15, 0.2) is 0 Å². The quantitative estimate of drug-likeness (QED) is 0.0252. The number of hydrogen-bond donors (Lipinski definition) is 16. The van der Waals surface area contributed by atoms with Gasteiger partial charge in [-0.05, 0) is 13.3 Å². The Balaban J connectivity index is 4.40. The van der Waals surface area contributed by atoms with E-state index in [-0.39, 0.29) is 51.8 Å². The van der Waals surface area contributed by atoms with Gasteiger partial charge < -0.3 is 139 Å². The van der Waals surface area contributed by atoms with Crippen molar-refractivity contribution >= 4 is 11.7 Å². The third kappa shape index (κ3) is 42.5. The van der Waals surface area contributed by atoms with Gasteiger partial charge in [0.2, 0.25) is 5.91 Å². The smallest absolute Gasteiger partial charge is 0.238 e. The number of nitrogens with zero attached hydrogens (tertiary/aromatic N) is 1. The second-order valence-corrected chi connectivity index (χ2v) is 18.4. The van der Waals surface area contributed by atoms with Gasteiger partial charge in [0.25, 0.3) is 0 Å². The van der Waals surface area contributed by atoms with Crippen molar-refractivity contribution in [3.63, 3.8) is 0 Å². The van der Waals surface area contributed by atoms with Gasteiger partial charge in [-0.2, -0.15) is 0 Å². The van der Waals surface area contributed by atoms with Crippen molar-refractivity contribution in [3.8, 4) is 0 Å². The molecule has 0 saturated carbocycles. The van der Waals surface area contributed by atoms with Gasteiger partial charge in [0.05, 0.1) is 202 Å². The summed E-state index contributed by atoms with van der Waals surface area (Å²) >= 11 is 0. The van der Waals surface area contributed by atoms with E-state index in [0.717, 1.165) is 4.90 Å². The highest BCUT2D eigenvalue weighted by Crippen LogP contribution is 2.13. The summed E-state index contributed by atoms with van der Waals surface area (Å²) in [5.41, 5.74) is 0. The maximum atomic E-state index is 13.6. The van der Waals surface area contributed by atoms with Crippen molar-refractivity contribution < 1.29 is 138 Å². The van der Waals surface area contributed by atoms with E-state index in [1.54, 1.807) is 0 Å². The van der Waals surface area contributed by atoms with Crippen LogP contribution in [0.1, 0.15) is 26.7 Å². The number of amides is 1. The van der Waals surface area contributed by atoms with Crippen LogP contribution < -0.4 is 10.6 Å². The minimum atomic E-state index is -2.10. The Hall–Kier alpha value is -1.98. The normalized spacial score (nSPS) is 17.0. The largest absolute Gasteiger partial charge is 0.394 e. The molecule has 0 aliphatic rings. The fraction of sp³-hybridized carbons (Fsp3) is 0.960. The Kier molecular flexibility index (Phi) is 52.2. The molecule has 1 amide bonds. The summed E-state index contributed by atoms with van der Waals surface area (Å²) in [5, 5.41) is 148. The number of ketones is 1. The van der Waals surface area contributed by atoms with E-state index in [0.29, 0.717) is 132 Å². The van der Waals surface area contributed by atoms with Crippen molar-refractivity contribution in [2.45, 2.75) is 106 Å². The van der Waals surface area contributed by atoms with Crippen molar-refractivity contribution in [1.82, 2.24) is 15.5 Å². The molecule has 13 atom stereocenters. The molecular formula is C50H101N3O28. The zero-order valence-electron chi connectivity index (χ0n) is 47.3. The third-order valence-electron chi connectivity index (χ3n) is 11.7. The maximum Gasteiger partial charge on any atom is 0.238 e. The third-order valence-corrected chi connectivity index (χ3v) is 11.7. The molecule has 0 rings (SSSR count). The summed E-state index contributed by atoms with van der Waals surface area (Å²) in [6.07, 6.45) is -22.4. The van der Waals surface area contributed by atoms with Gasteiger partial charge in [0, 0.05) is 39.1 Å². The van der Waals surface area contributed by atoms with E-state index in [4.69, 9.17) is 61.9 Å². The van der Waals surface area contributed by atoms with Crippen LogP contribution in [0.4, 0.5) is 0 Å². The van der Waals surface area contributed by atoms with Crippen LogP contribution in [-0.2, 0) is 66.4 Å². The fourth-order valence-electron chi connectivity index (χ4n) is 6.78. The second-order valence-electron chi connectivity index (χ2n) is 18.4.